The van der Waals surface area contributed by atoms with Crippen LogP contribution >= 0.6 is 22.9 Å². The van der Waals surface area contributed by atoms with Crippen molar-refractivity contribution in [2.45, 2.75) is 40.2 Å². The zero-order chi connectivity index (χ0) is 22.8. The summed E-state index contributed by atoms with van der Waals surface area (Å²) in [6, 6.07) is 4.82. The van der Waals surface area contributed by atoms with Crippen LogP contribution in [-0.4, -0.2) is 32.4 Å². The number of nitrogens with one attached hydrogen (secondary N) is 1. The van der Waals surface area contributed by atoms with E-state index in [1.807, 2.05) is 11.0 Å². The van der Waals surface area contributed by atoms with Crippen molar-refractivity contribution in [3.63, 3.8) is 0 Å². The van der Waals surface area contributed by atoms with Crippen LogP contribution in [0.15, 0.2) is 36.7 Å². The van der Waals surface area contributed by atoms with E-state index < -0.39 is 0 Å². The molecule has 1 amide bonds. The Morgan fingerprint density at radius 3 is 2.88 bits per heavy atom. The summed E-state index contributed by atoms with van der Waals surface area (Å²) in [7, 11) is 0. The predicted molar refractivity (Wildman–Crippen MR) is 131 cm³/mol. The Kier molecular flexibility index (Phi) is 6.67. The molecular formula is C24H27ClN4O2S. The van der Waals surface area contributed by atoms with E-state index in [0.29, 0.717) is 41.5 Å². The van der Waals surface area contributed by atoms with Crippen LogP contribution in [0.4, 0.5) is 11.5 Å². The highest BCUT2D eigenvalue weighted by atomic mass is 35.5. The van der Waals surface area contributed by atoms with Gasteiger partial charge in [0.05, 0.1) is 11.9 Å². The number of allylic oxidation sites excluding steroid dienone is 1. The monoisotopic (exact) mass is 470 g/mol. The van der Waals surface area contributed by atoms with E-state index in [1.165, 1.54) is 18.0 Å². The smallest absolute Gasteiger partial charge is 0.246 e. The van der Waals surface area contributed by atoms with Gasteiger partial charge in [-0.25, -0.2) is 9.97 Å². The third-order valence-electron chi connectivity index (χ3n) is 6.00. The Balaban J connectivity index is 1.54. The van der Waals surface area contributed by atoms with Crippen LogP contribution in [-0.2, 0) is 17.8 Å². The highest BCUT2D eigenvalue weighted by Gasteiger charge is 2.25. The Labute approximate surface area is 197 Å². The molecule has 2 N–H and O–H groups in total. The molecule has 0 radical (unpaired) electrons. The summed E-state index contributed by atoms with van der Waals surface area (Å²) < 4.78 is 0. The van der Waals surface area contributed by atoms with Crippen molar-refractivity contribution in [3.8, 4) is 5.75 Å². The van der Waals surface area contributed by atoms with Crippen LogP contribution in [0.25, 0.3) is 10.2 Å². The maximum Gasteiger partial charge on any atom is 0.246 e. The number of amides is 1. The second-order valence-corrected chi connectivity index (χ2v) is 10.1. The van der Waals surface area contributed by atoms with E-state index in [9.17, 15) is 9.90 Å². The number of hydrogen-bond donors (Lipinski definition) is 2. The summed E-state index contributed by atoms with van der Waals surface area (Å²) >= 11 is 7.67. The number of halogens is 1. The van der Waals surface area contributed by atoms with Gasteiger partial charge < -0.3 is 15.3 Å². The second-order valence-electron chi connectivity index (χ2n) is 8.60. The number of rotatable bonds is 6. The molecule has 0 saturated carbocycles. The summed E-state index contributed by atoms with van der Waals surface area (Å²) in [4.78, 5) is 25.5. The molecule has 3 heterocycles. The van der Waals surface area contributed by atoms with Crippen LogP contribution in [0.2, 0.25) is 5.02 Å². The first kappa shape index (κ1) is 22.6. The number of carbonyl (C=O) groups is 1. The van der Waals surface area contributed by atoms with Crippen molar-refractivity contribution < 1.29 is 9.90 Å². The van der Waals surface area contributed by atoms with Gasteiger partial charge >= 0.3 is 0 Å². The number of carbonyl (C=O) groups excluding carboxylic acids is 1. The summed E-state index contributed by atoms with van der Waals surface area (Å²) in [6.45, 7) is 7.86. The first-order valence-electron chi connectivity index (χ1n) is 10.8. The highest BCUT2D eigenvalue weighted by molar-refractivity contribution is 7.19. The Hall–Kier alpha value is -2.64. The molecule has 8 heteroatoms. The van der Waals surface area contributed by atoms with Crippen LogP contribution in [0.5, 0.6) is 5.75 Å². The lowest BCUT2D eigenvalue weighted by molar-refractivity contribution is -0.126. The van der Waals surface area contributed by atoms with Crippen LogP contribution in [0.1, 0.15) is 37.6 Å². The van der Waals surface area contributed by atoms with Crippen LogP contribution in [0.3, 0.4) is 0 Å². The number of phenols is 1. The minimum atomic E-state index is 0.0582. The van der Waals surface area contributed by atoms with Gasteiger partial charge in [0.25, 0.3) is 0 Å². The van der Waals surface area contributed by atoms with Gasteiger partial charge in [0.1, 0.15) is 22.7 Å². The van der Waals surface area contributed by atoms with Gasteiger partial charge in [-0.1, -0.05) is 38.4 Å². The normalized spacial score (nSPS) is 14.8. The lowest BCUT2D eigenvalue weighted by atomic mass is 9.94. The van der Waals surface area contributed by atoms with Crippen molar-refractivity contribution >= 4 is 50.6 Å². The Bertz CT molecular complexity index is 1150. The molecule has 6 nitrogen and oxygen atoms in total. The van der Waals surface area contributed by atoms with Crippen molar-refractivity contribution in [1.29, 1.82) is 0 Å². The molecule has 168 valence electrons. The number of thiophene rings is 1. The van der Waals surface area contributed by atoms with Gasteiger partial charge in [-0.2, -0.15) is 0 Å². The van der Waals surface area contributed by atoms with Crippen molar-refractivity contribution in [1.82, 2.24) is 14.9 Å². The lowest BCUT2D eigenvalue weighted by Crippen LogP contribution is -2.34. The molecule has 0 saturated heterocycles. The van der Waals surface area contributed by atoms with Gasteiger partial charge in [-0.05, 0) is 48.4 Å². The first-order valence-corrected chi connectivity index (χ1v) is 12.0. The summed E-state index contributed by atoms with van der Waals surface area (Å²) in [5.74, 6) is 1.98. The molecule has 0 spiro atoms. The summed E-state index contributed by atoms with van der Waals surface area (Å²) in [5, 5.41) is 14.5. The van der Waals surface area contributed by atoms with Crippen molar-refractivity contribution in [2.75, 3.05) is 11.9 Å². The third-order valence-corrected chi connectivity index (χ3v) is 7.34. The molecule has 0 aliphatic carbocycles. The fourth-order valence-corrected chi connectivity index (χ4v) is 5.19. The number of anilines is 2. The Morgan fingerprint density at radius 1 is 1.31 bits per heavy atom. The quantitative estimate of drug-likeness (QED) is 0.437. The zero-order valence-corrected chi connectivity index (χ0v) is 20.0. The van der Waals surface area contributed by atoms with E-state index in [2.05, 4.69) is 36.1 Å². The predicted octanol–water partition coefficient (Wildman–Crippen LogP) is 5.92. The number of nitrogens with zero attached hydrogens (tertiary/aromatic N) is 3. The van der Waals surface area contributed by atoms with E-state index >= 15 is 0 Å². The Morgan fingerprint density at radius 2 is 2.12 bits per heavy atom. The van der Waals surface area contributed by atoms with Crippen molar-refractivity contribution in [3.05, 3.63) is 52.1 Å². The maximum atomic E-state index is 12.7. The third kappa shape index (κ3) is 4.89. The molecule has 1 aliphatic heterocycles. The zero-order valence-electron chi connectivity index (χ0n) is 18.4. The molecule has 1 unspecified atom stereocenters. The number of fused-ring (bicyclic) bond motifs is 3. The highest BCUT2D eigenvalue weighted by Crippen LogP contribution is 2.38. The molecular weight excluding hydrogens is 444 g/mol. The van der Waals surface area contributed by atoms with Gasteiger partial charge in [0.2, 0.25) is 5.91 Å². The average Bonchev–Trinajstić information content (AvgIpc) is 3.11. The van der Waals surface area contributed by atoms with E-state index in [1.54, 1.807) is 29.5 Å². The molecule has 0 bridgehead atoms. The maximum absolute atomic E-state index is 12.7. The topological polar surface area (TPSA) is 78.4 Å². The lowest BCUT2D eigenvalue weighted by Gasteiger charge is -2.26. The van der Waals surface area contributed by atoms with Gasteiger partial charge in [-0.15, -0.1) is 11.3 Å². The molecule has 4 rings (SSSR count). The number of hydrogen-bond acceptors (Lipinski definition) is 6. The standard InChI is InChI=1S/C24H27ClN4O2S/c1-14(2)15(3)5-4-6-21(31)29-8-7-19-20(12-29)32-24-22(19)23(26-13-27-24)28-17-9-16(25)10-18(30)11-17/h4,6,9-11,13-15,30H,5,7-8,12H2,1-3H3,(H,26,27,28)/b6-4+. The largest absolute Gasteiger partial charge is 0.508 e. The van der Waals surface area contributed by atoms with E-state index in [-0.39, 0.29) is 11.7 Å². The number of aromatic nitrogens is 2. The van der Waals surface area contributed by atoms with E-state index in [0.717, 1.165) is 27.9 Å². The number of aromatic hydroxyl groups is 1. The minimum Gasteiger partial charge on any atom is -0.508 e. The van der Waals surface area contributed by atoms with Crippen molar-refractivity contribution in [2.24, 2.45) is 11.8 Å². The first-order chi connectivity index (χ1) is 15.3. The minimum absolute atomic E-state index is 0.0582. The molecule has 3 aromatic rings. The molecule has 1 aliphatic rings. The average molecular weight is 471 g/mol. The molecule has 2 aromatic heterocycles. The molecule has 32 heavy (non-hydrogen) atoms. The van der Waals surface area contributed by atoms with Gasteiger partial charge in [0, 0.05) is 28.2 Å². The molecule has 1 aromatic carbocycles. The molecule has 1 atom stereocenters. The summed E-state index contributed by atoms with van der Waals surface area (Å²) in [5.41, 5.74) is 1.84. The van der Waals surface area contributed by atoms with Gasteiger partial charge in [0.15, 0.2) is 0 Å². The fourth-order valence-electron chi connectivity index (χ4n) is 3.75. The molecule has 0 fully saturated rings. The van der Waals surface area contributed by atoms with Crippen LogP contribution < -0.4 is 5.32 Å². The van der Waals surface area contributed by atoms with E-state index in [4.69, 9.17) is 11.6 Å². The SMILES string of the molecule is CC(C)C(C)C/C=C/C(=O)N1CCc2c(sc3ncnc(Nc4cc(O)cc(Cl)c4)c23)C1. The number of phenolic OH excluding ortho intramolecular Hbond substituents is 1. The second kappa shape index (κ2) is 9.46. The summed E-state index contributed by atoms with van der Waals surface area (Å²) in [6.07, 6.45) is 6.91. The van der Waals surface area contributed by atoms with Gasteiger partial charge in [-0.3, -0.25) is 4.79 Å². The fraction of sp³-hybridized carbons (Fsp3) is 0.375. The number of benzene rings is 1. The van der Waals surface area contributed by atoms with Crippen LogP contribution in [0, 0.1) is 11.8 Å².